The highest BCUT2D eigenvalue weighted by Crippen LogP contribution is 2.20. The molecule has 2 N–H and O–H groups in total. The first-order valence-electron chi connectivity index (χ1n) is 8.69. The van der Waals surface area contributed by atoms with Crippen molar-refractivity contribution in [1.29, 1.82) is 0 Å². The van der Waals surface area contributed by atoms with Crippen LogP contribution < -0.4 is 10.0 Å². The quantitative estimate of drug-likeness (QED) is 0.682. The molecule has 0 saturated heterocycles. The monoisotopic (exact) mass is 395 g/mol. The minimum absolute atomic E-state index is 0.0148. The van der Waals surface area contributed by atoms with Gasteiger partial charge in [0, 0.05) is 17.4 Å². The fraction of sp³-hybridized carbons (Fsp3) is 0.143. The first-order chi connectivity index (χ1) is 13.2. The van der Waals surface area contributed by atoms with Crippen LogP contribution in [0.25, 0.3) is 0 Å². The van der Waals surface area contributed by atoms with Crippen molar-refractivity contribution in [2.75, 3.05) is 10.0 Å². The lowest BCUT2D eigenvalue weighted by Crippen LogP contribution is -2.17. The largest absolute Gasteiger partial charge is 0.307 e. The Kier molecular flexibility index (Phi) is 5.46. The molecule has 1 aromatic heterocycles. The van der Waals surface area contributed by atoms with E-state index in [0.29, 0.717) is 17.1 Å². The van der Waals surface area contributed by atoms with Gasteiger partial charge in [-0.3, -0.25) is 9.52 Å². The molecule has 6 nitrogen and oxygen atoms in total. The first kappa shape index (κ1) is 19.6. The van der Waals surface area contributed by atoms with E-state index < -0.39 is 15.9 Å². The van der Waals surface area contributed by atoms with Gasteiger partial charge in [-0.2, -0.15) is 0 Å². The molecular formula is C21H21N3O3S. The van der Waals surface area contributed by atoms with Crippen molar-refractivity contribution in [1.82, 2.24) is 4.98 Å². The van der Waals surface area contributed by atoms with Gasteiger partial charge in [-0.1, -0.05) is 23.8 Å². The molecule has 0 fully saturated rings. The summed E-state index contributed by atoms with van der Waals surface area (Å²) < 4.78 is 28.0. The van der Waals surface area contributed by atoms with E-state index in [-0.39, 0.29) is 10.5 Å². The summed E-state index contributed by atoms with van der Waals surface area (Å²) in [6.45, 7) is 5.57. The average molecular weight is 395 g/mol. The Morgan fingerprint density at radius 2 is 1.61 bits per heavy atom. The number of aromatic nitrogens is 1. The maximum absolute atomic E-state index is 12.7. The third-order valence-electron chi connectivity index (χ3n) is 4.22. The maximum Gasteiger partial charge on any atom is 0.261 e. The number of rotatable bonds is 5. The minimum Gasteiger partial charge on any atom is -0.307 e. The molecule has 2 aromatic carbocycles. The lowest BCUT2D eigenvalue weighted by atomic mass is 10.1. The summed E-state index contributed by atoms with van der Waals surface area (Å²) in [6, 6.07) is 15.1. The molecule has 28 heavy (non-hydrogen) atoms. The van der Waals surface area contributed by atoms with E-state index in [4.69, 9.17) is 0 Å². The van der Waals surface area contributed by atoms with Crippen molar-refractivity contribution in [3.63, 3.8) is 0 Å². The highest BCUT2D eigenvalue weighted by Gasteiger charge is 2.18. The predicted octanol–water partition coefficient (Wildman–Crippen LogP) is 4.06. The van der Waals surface area contributed by atoms with Crippen LogP contribution in [-0.4, -0.2) is 19.3 Å². The number of anilines is 2. The number of hydrogen-bond donors (Lipinski definition) is 2. The van der Waals surface area contributed by atoms with Crippen LogP contribution in [0.2, 0.25) is 0 Å². The summed E-state index contributed by atoms with van der Waals surface area (Å²) in [6.07, 6.45) is 1.60. The Morgan fingerprint density at radius 3 is 2.29 bits per heavy atom. The molecule has 3 rings (SSSR count). The van der Waals surface area contributed by atoms with Gasteiger partial charge in [0.1, 0.15) is 5.82 Å². The number of nitrogens with one attached hydrogen (secondary N) is 2. The Bertz CT molecular complexity index is 1120. The molecule has 1 amide bonds. The average Bonchev–Trinajstić information content (AvgIpc) is 2.63. The van der Waals surface area contributed by atoms with Gasteiger partial charge in [-0.05, 0) is 68.3 Å². The van der Waals surface area contributed by atoms with Gasteiger partial charge in [0.15, 0.2) is 0 Å². The van der Waals surface area contributed by atoms with Crippen LogP contribution in [0.1, 0.15) is 27.0 Å². The lowest BCUT2D eigenvalue weighted by molar-refractivity contribution is 0.102. The van der Waals surface area contributed by atoms with E-state index in [1.54, 1.807) is 37.4 Å². The Morgan fingerprint density at radius 1 is 0.893 bits per heavy atom. The van der Waals surface area contributed by atoms with Crippen molar-refractivity contribution in [3.8, 4) is 0 Å². The summed E-state index contributed by atoms with van der Waals surface area (Å²) in [4.78, 5) is 16.8. The fourth-order valence-corrected chi connectivity index (χ4v) is 3.72. The minimum atomic E-state index is -3.82. The maximum atomic E-state index is 12.7. The molecule has 0 atom stereocenters. The van der Waals surface area contributed by atoms with Crippen molar-refractivity contribution in [2.24, 2.45) is 0 Å². The number of nitrogens with zero attached hydrogens (tertiary/aromatic N) is 1. The standard InChI is InChI=1S/C21H21N3O3S/c1-14-4-7-17(8-5-14)24-28(26,27)18-9-6-16(3)19(13-18)21(25)23-20-12-15(2)10-11-22-20/h4-13,24H,1-3H3,(H,22,23,25). The van der Waals surface area contributed by atoms with Gasteiger partial charge in [0.05, 0.1) is 4.90 Å². The summed E-state index contributed by atoms with van der Waals surface area (Å²) in [5.41, 5.74) is 3.39. The fourth-order valence-electron chi connectivity index (χ4n) is 2.64. The molecule has 144 valence electrons. The SMILES string of the molecule is Cc1ccc(NS(=O)(=O)c2ccc(C)c(C(=O)Nc3cc(C)ccn3)c2)cc1. The Hall–Kier alpha value is -3.19. The zero-order valence-electron chi connectivity index (χ0n) is 15.9. The molecule has 3 aromatic rings. The predicted molar refractivity (Wildman–Crippen MR) is 110 cm³/mol. The van der Waals surface area contributed by atoms with Crippen LogP contribution in [-0.2, 0) is 10.0 Å². The number of aryl methyl sites for hydroxylation is 3. The highest BCUT2D eigenvalue weighted by atomic mass is 32.2. The number of benzene rings is 2. The number of hydrogen-bond acceptors (Lipinski definition) is 4. The summed E-state index contributed by atoms with van der Waals surface area (Å²) in [5, 5.41) is 2.71. The zero-order valence-corrected chi connectivity index (χ0v) is 16.7. The zero-order chi connectivity index (χ0) is 20.3. The van der Waals surface area contributed by atoms with Gasteiger partial charge >= 0.3 is 0 Å². The molecular weight excluding hydrogens is 374 g/mol. The molecule has 0 saturated carbocycles. The van der Waals surface area contributed by atoms with E-state index >= 15 is 0 Å². The number of amides is 1. The second-order valence-corrected chi connectivity index (χ2v) is 8.30. The van der Waals surface area contributed by atoms with Crippen LogP contribution in [0.5, 0.6) is 0 Å². The molecule has 7 heteroatoms. The van der Waals surface area contributed by atoms with Crippen LogP contribution in [0, 0.1) is 20.8 Å². The molecule has 0 aliphatic heterocycles. The highest BCUT2D eigenvalue weighted by molar-refractivity contribution is 7.92. The van der Waals surface area contributed by atoms with E-state index in [0.717, 1.165) is 11.1 Å². The lowest BCUT2D eigenvalue weighted by Gasteiger charge is -2.12. The molecule has 0 radical (unpaired) electrons. The van der Waals surface area contributed by atoms with Gasteiger partial charge in [0.25, 0.3) is 15.9 Å². The summed E-state index contributed by atoms with van der Waals surface area (Å²) in [5.74, 6) is -0.00146. The van der Waals surface area contributed by atoms with Crippen molar-refractivity contribution in [2.45, 2.75) is 25.7 Å². The normalized spacial score (nSPS) is 11.1. The van der Waals surface area contributed by atoms with Crippen LogP contribution in [0.3, 0.4) is 0 Å². The number of carbonyl (C=O) groups is 1. The van der Waals surface area contributed by atoms with E-state index in [2.05, 4.69) is 15.0 Å². The van der Waals surface area contributed by atoms with E-state index in [1.165, 1.54) is 12.1 Å². The summed E-state index contributed by atoms with van der Waals surface area (Å²) in [7, 11) is -3.82. The molecule has 0 unspecified atom stereocenters. The smallest absolute Gasteiger partial charge is 0.261 e. The van der Waals surface area contributed by atoms with Gasteiger partial charge in [-0.25, -0.2) is 13.4 Å². The van der Waals surface area contributed by atoms with Crippen molar-refractivity contribution < 1.29 is 13.2 Å². The molecule has 0 aliphatic rings. The topological polar surface area (TPSA) is 88.2 Å². The number of carbonyl (C=O) groups excluding carboxylic acids is 1. The van der Waals surface area contributed by atoms with Crippen molar-refractivity contribution >= 4 is 27.4 Å². The summed E-state index contributed by atoms with van der Waals surface area (Å²) >= 11 is 0. The van der Waals surface area contributed by atoms with Crippen LogP contribution >= 0.6 is 0 Å². The molecule has 0 spiro atoms. The molecule has 0 aliphatic carbocycles. The molecule has 1 heterocycles. The van der Waals surface area contributed by atoms with Crippen LogP contribution in [0.15, 0.2) is 65.7 Å². The Balaban J connectivity index is 1.87. The van der Waals surface area contributed by atoms with E-state index in [9.17, 15) is 13.2 Å². The third kappa shape index (κ3) is 4.55. The Labute approximate surface area is 164 Å². The molecule has 0 bridgehead atoms. The van der Waals surface area contributed by atoms with Crippen molar-refractivity contribution in [3.05, 3.63) is 83.0 Å². The first-order valence-corrected chi connectivity index (χ1v) is 10.2. The number of sulfonamides is 1. The second-order valence-electron chi connectivity index (χ2n) is 6.62. The van der Waals surface area contributed by atoms with Gasteiger partial charge in [0.2, 0.25) is 0 Å². The van der Waals surface area contributed by atoms with E-state index in [1.807, 2.05) is 32.0 Å². The third-order valence-corrected chi connectivity index (χ3v) is 5.60. The van der Waals surface area contributed by atoms with Crippen LogP contribution in [0.4, 0.5) is 11.5 Å². The second kappa shape index (κ2) is 7.82. The van der Waals surface area contributed by atoms with Gasteiger partial charge < -0.3 is 5.32 Å². The number of pyridine rings is 1. The van der Waals surface area contributed by atoms with Gasteiger partial charge in [-0.15, -0.1) is 0 Å².